The van der Waals surface area contributed by atoms with Crippen molar-refractivity contribution in [2.75, 3.05) is 5.32 Å². The Morgan fingerprint density at radius 1 is 0.850 bits per heavy atom. The first-order valence-electron chi connectivity index (χ1n) is 5.71. The number of benzene rings is 2. The molecule has 0 aliphatic rings. The molecule has 106 valence electrons. The minimum absolute atomic E-state index is 0.183. The predicted octanol–water partition coefficient (Wildman–Crippen LogP) is 4.60. The second kappa shape index (κ2) is 5.48. The first kappa shape index (κ1) is 14.3. The summed E-state index contributed by atoms with van der Waals surface area (Å²) in [7, 11) is 0. The van der Waals surface area contributed by atoms with Crippen LogP contribution in [0.4, 0.5) is 27.6 Å². The fourth-order valence-electron chi connectivity index (χ4n) is 1.63. The van der Waals surface area contributed by atoms with Gasteiger partial charge in [-0.2, -0.15) is 13.2 Å². The fraction of sp³-hybridized carbons (Fsp3) is 0.143. The molecule has 2 rings (SSSR count). The van der Waals surface area contributed by atoms with Gasteiger partial charge in [0.2, 0.25) is 0 Å². The molecule has 0 bridgehead atoms. The molecule has 0 heterocycles. The molecule has 20 heavy (non-hydrogen) atoms. The normalized spacial score (nSPS) is 11.4. The number of rotatable bonds is 3. The standard InChI is InChI=1S/C14H10F5N/c15-12-6-1-9(7-13(12)16)8-20-11-4-2-10(3-5-11)14(17,18)19/h1-7,20H,8H2. The first-order chi connectivity index (χ1) is 9.36. The molecule has 0 atom stereocenters. The van der Waals surface area contributed by atoms with Gasteiger partial charge in [0.05, 0.1) is 5.56 Å². The highest BCUT2D eigenvalue weighted by Gasteiger charge is 2.29. The Hall–Kier alpha value is -2.11. The lowest BCUT2D eigenvalue weighted by molar-refractivity contribution is -0.137. The van der Waals surface area contributed by atoms with E-state index < -0.39 is 23.4 Å². The summed E-state index contributed by atoms with van der Waals surface area (Å²) in [5, 5.41) is 2.83. The largest absolute Gasteiger partial charge is 0.416 e. The summed E-state index contributed by atoms with van der Waals surface area (Å²) in [6.45, 7) is 0.183. The van der Waals surface area contributed by atoms with E-state index in [0.717, 1.165) is 24.3 Å². The van der Waals surface area contributed by atoms with Crippen molar-refractivity contribution < 1.29 is 22.0 Å². The van der Waals surface area contributed by atoms with E-state index in [1.807, 2.05) is 0 Å². The van der Waals surface area contributed by atoms with Gasteiger partial charge in [0.15, 0.2) is 11.6 Å². The van der Waals surface area contributed by atoms with Gasteiger partial charge in [-0.25, -0.2) is 8.78 Å². The lowest BCUT2D eigenvalue weighted by atomic mass is 10.2. The van der Waals surface area contributed by atoms with Crippen LogP contribution >= 0.6 is 0 Å². The zero-order chi connectivity index (χ0) is 14.8. The van der Waals surface area contributed by atoms with E-state index in [2.05, 4.69) is 5.32 Å². The molecular weight excluding hydrogens is 277 g/mol. The number of nitrogens with one attached hydrogen (secondary N) is 1. The van der Waals surface area contributed by atoms with Gasteiger partial charge in [-0.1, -0.05) is 6.07 Å². The zero-order valence-electron chi connectivity index (χ0n) is 10.1. The van der Waals surface area contributed by atoms with Gasteiger partial charge in [-0.05, 0) is 42.0 Å². The Morgan fingerprint density at radius 3 is 2.05 bits per heavy atom. The predicted molar refractivity (Wildman–Crippen MR) is 65.1 cm³/mol. The molecule has 0 saturated heterocycles. The van der Waals surface area contributed by atoms with E-state index in [4.69, 9.17) is 0 Å². The first-order valence-corrected chi connectivity index (χ1v) is 5.71. The number of hydrogen-bond acceptors (Lipinski definition) is 1. The van der Waals surface area contributed by atoms with Crippen LogP contribution in [-0.2, 0) is 12.7 Å². The zero-order valence-corrected chi connectivity index (χ0v) is 10.1. The van der Waals surface area contributed by atoms with Crippen molar-refractivity contribution in [1.82, 2.24) is 0 Å². The molecule has 1 N–H and O–H groups in total. The molecular formula is C14H10F5N. The molecule has 1 nitrogen and oxygen atoms in total. The summed E-state index contributed by atoms with van der Waals surface area (Å²) in [6, 6.07) is 7.90. The lowest BCUT2D eigenvalue weighted by Gasteiger charge is -2.09. The molecule has 0 radical (unpaired) electrons. The minimum Gasteiger partial charge on any atom is -0.381 e. The maximum absolute atomic E-state index is 13.0. The average Bonchev–Trinajstić information content (AvgIpc) is 2.40. The molecule has 0 fully saturated rings. The molecule has 6 heteroatoms. The second-order valence-corrected chi connectivity index (χ2v) is 4.18. The third-order valence-electron chi connectivity index (χ3n) is 2.69. The van der Waals surface area contributed by atoms with Gasteiger partial charge in [0.1, 0.15) is 0 Å². The Labute approximate surface area is 112 Å². The molecule has 2 aromatic rings. The minimum atomic E-state index is -4.38. The molecule has 0 aliphatic heterocycles. The van der Waals surface area contributed by atoms with Crippen LogP contribution in [0.15, 0.2) is 42.5 Å². The molecule has 2 aromatic carbocycles. The van der Waals surface area contributed by atoms with Crippen LogP contribution in [0.2, 0.25) is 0 Å². The van der Waals surface area contributed by atoms with Crippen molar-refractivity contribution in [2.45, 2.75) is 12.7 Å². The fourth-order valence-corrected chi connectivity index (χ4v) is 1.63. The second-order valence-electron chi connectivity index (χ2n) is 4.18. The van der Waals surface area contributed by atoms with Crippen molar-refractivity contribution in [1.29, 1.82) is 0 Å². The number of alkyl halides is 3. The highest BCUT2D eigenvalue weighted by Crippen LogP contribution is 2.29. The quantitative estimate of drug-likeness (QED) is 0.814. The number of hydrogen-bond donors (Lipinski definition) is 1. The van der Waals surface area contributed by atoms with Crippen LogP contribution in [0.5, 0.6) is 0 Å². The Balaban J connectivity index is 2.02. The van der Waals surface area contributed by atoms with E-state index in [9.17, 15) is 22.0 Å². The van der Waals surface area contributed by atoms with Crippen molar-refractivity contribution in [3.63, 3.8) is 0 Å². The van der Waals surface area contributed by atoms with Crippen LogP contribution in [0, 0.1) is 11.6 Å². The van der Waals surface area contributed by atoms with E-state index in [1.54, 1.807) is 0 Å². The maximum Gasteiger partial charge on any atom is 0.416 e. The Morgan fingerprint density at radius 2 is 1.50 bits per heavy atom. The average molecular weight is 287 g/mol. The highest BCUT2D eigenvalue weighted by atomic mass is 19.4. The van der Waals surface area contributed by atoms with Gasteiger partial charge < -0.3 is 5.32 Å². The van der Waals surface area contributed by atoms with Gasteiger partial charge in [0.25, 0.3) is 0 Å². The Kier molecular flexibility index (Phi) is 3.92. The van der Waals surface area contributed by atoms with Crippen LogP contribution < -0.4 is 5.32 Å². The summed E-state index contributed by atoms with van der Waals surface area (Å²) in [6.07, 6.45) is -4.38. The van der Waals surface area contributed by atoms with E-state index in [1.165, 1.54) is 18.2 Å². The molecule has 0 aliphatic carbocycles. The number of halogens is 5. The van der Waals surface area contributed by atoms with E-state index >= 15 is 0 Å². The molecule has 0 aromatic heterocycles. The van der Waals surface area contributed by atoms with Gasteiger partial charge in [-0.3, -0.25) is 0 Å². The van der Waals surface area contributed by atoms with E-state index in [0.29, 0.717) is 11.3 Å². The van der Waals surface area contributed by atoms with E-state index in [-0.39, 0.29) is 6.54 Å². The van der Waals surface area contributed by atoms with Crippen molar-refractivity contribution >= 4 is 5.69 Å². The summed E-state index contributed by atoms with van der Waals surface area (Å²) in [4.78, 5) is 0. The van der Waals surface area contributed by atoms with Crippen molar-refractivity contribution in [3.8, 4) is 0 Å². The summed E-state index contributed by atoms with van der Waals surface area (Å²) in [5.74, 6) is -1.90. The van der Waals surface area contributed by atoms with Crippen LogP contribution in [0.3, 0.4) is 0 Å². The van der Waals surface area contributed by atoms with Crippen LogP contribution in [0.1, 0.15) is 11.1 Å². The summed E-state index contributed by atoms with van der Waals surface area (Å²) < 4.78 is 62.7. The third-order valence-corrected chi connectivity index (χ3v) is 2.69. The van der Waals surface area contributed by atoms with Crippen LogP contribution in [0.25, 0.3) is 0 Å². The monoisotopic (exact) mass is 287 g/mol. The summed E-state index contributed by atoms with van der Waals surface area (Å²) in [5.41, 5.74) is 0.211. The topological polar surface area (TPSA) is 12.0 Å². The summed E-state index contributed by atoms with van der Waals surface area (Å²) >= 11 is 0. The SMILES string of the molecule is Fc1ccc(CNc2ccc(C(F)(F)F)cc2)cc1F. The Bertz CT molecular complexity index is 590. The number of anilines is 1. The molecule has 0 amide bonds. The molecule has 0 spiro atoms. The smallest absolute Gasteiger partial charge is 0.381 e. The molecule has 0 saturated carbocycles. The van der Waals surface area contributed by atoms with Crippen molar-refractivity contribution in [3.05, 3.63) is 65.2 Å². The van der Waals surface area contributed by atoms with Gasteiger partial charge >= 0.3 is 6.18 Å². The third kappa shape index (κ3) is 3.46. The maximum atomic E-state index is 13.0. The van der Waals surface area contributed by atoms with Gasteiger partial charge in [0, 0.05) is 12.2 Å². The highest BCUT2D eigenvalue weighted by molar-refractivity contribution is 5.45. The van der Waals surface area contributed by atoms with Gasteiger partial charge in [-0.15, -0.1) is 0 Å². The van der Waals surface area contributed by atoms with Crippen LogP contribution in [-0.4, -0.2) is 0 Å². The van der Waals surface area contributed by atoms with Crippen molar-refractivity contribution in [2.24, 2.45) is 0 Å². The lowest BCUT2D eigenvalue weighted by Crippen LogP contribution is -2.05. The molecule has 0 unspecified atom stereocenters.